The number of β-amino-alcohol motifs (C(OH)–C–C–N with tert-alkyl or cyclic N) is 1. The van der Waals surface area contributed by atoms with Crippen LogP contribution in [0.4, 0.5) is 0 Å². The number of nitriles is 1. The summed E-state index contributed by atoms with van der Waals surface area (Å²) < 4.78 is 6.01. The van der Waals surface area contributed by atoms with Crippen molar-refractivity contribution in [3.63, 3.8) is 0 Å². The first-order valence-electron chi connectivity index (χ1n) is 16.5. The van der Waals surface area contributed by atoms with Gasteiger partial charge in [-0.2, -0.15) is 5.26 Å². The summed E-state index contributed by atoms with van der Waals surface area (Å²) in [6.45, 7) is 8.90. The molecule has 7 rings (SSSR count). The fourth-order valence-corrected chi connectivity index (χ4v) is 9.67. The third-order valence-electron chi connectivity index (χ3n) is 10.4. The molecule has 1 aliphatic carbocycles. The van der Waals surface area contributed by atoms with E-state index in [0.29, 0.717) is 64.9 Å². The Morgan fingerprint density at radius 1 is 1.17 bits per heavy atom. The topological polar surface area (TPSA) is 117 Å². The highest BCUT2D eigenvalue weighted by molar-refractivity contribution is 8.01. The second-order valence-corrected chi connectivity index (χ2v) is 15.3. The zero-order valence-corrected chi connectivity index (χ0v) is 28.1. The van der Waals surface area contributed by atoms with Gasteiger partial charge in [-0.25, -0.2) is 4.98 Å². The number of carboxylic acid groups (broad SMARTS) is 1. The number of aromatic nitrogens is 1. The Morgan fingerprint density at radius 2 is 2.00 bits per heavy atom. The fourth-order valence-electron chi connectivity index (χ4n) is 7.70. The Kier molecular flexibility index (Phi) is 9.22. The molecule has 47 heavy (non-hydrogen) atoms. The van der Waals surface area contributed by atoms with Crippen LogP contribution in [0.1, 0.15) is 42.3 Å². The molecule has 4 heterocycles. The van der Waals surface area contributed by atoms with Gasteiger partial charge >= 0.3 is 5.97 Å². The first-order valence-corrected chi connectivity index (χ1v) is 17.7. The zero-order chi connectivity index (χ0) is 32.7. The lowest BCUT2D eigenvalue weighted by atomic mass is 9.79. The van der Waals surface area contributed by atoms with Crippen LogP contribution in [0.5, 0.6) is 0 Å². The second kappa shape index (κ2) is 13.4. The molecule has 2 N–H and O–H groups in total. The van der Waals surface area contributed by atoms with Crippen LogP contribution in [-0.4, -0.2) is 99.6 Å². The number of allylic oxidation sites excluding steroid dienone is 3. The molecule has 0 amide bonds. The molecule has 9 nitrogen and oxygen atoms in total. The Labute approximate surface area is 284 Å². The highest BCUT2D eigenvalue weighted by Crippen LogP contribution is 2.55. The maximum Gasteiger partial charge on any atom is 0.307 e. The van der Waals surface area contributed by atoms with Gasteiger partial charge in [0.1, 0.15) is 16.3 Å². The SMILES string of the molecule is CC1C(c2ccccc2Cl)=CC=CC1(SC1CCN(C2CN(CCO)C2)C1)c1nc2cc(CN3CC[C@@H](C(=O)O)C3)cc(C#N)c2o1. The Balaban J connectivity index is 1.21. The van der Waals surface area contributed by atoms with E-state index in [2.05, 4.69) is 52.0 Å². The summed E-state index contributed by atoms with van der Waals surface area (Å²) in [6.07, 6.45) is 8.12. The van der Waals surface area contributed by atoms with E-state index in [1.807, 2.05) is 42.1 Å². The van der Waals surface area contributed by atoms with Crippen LogP contribution in [0.15, 0.2) is 59.0 Å². The Morgan fingerprint density at radius 3 is 2.74 bits per heavy atom. The molecule has 3 unspecified atom stereocenters. The smallest absolute Gasteiger partial charge is 0.307 e. The largest absolute Gasteiger partial charge is 0.481 e. The second-order valence-electron chi connectivity index (χ2n) is 13.3. The number of thioether (sulfide) groups is 1. The first kappa shape index (κ1) is 32.4. The van der Waals surface area contributed by atoms with E-state index in [9.17, 15) is 20.3 Å². The number of likely N-dealkylation sites (tertiary alicyclic amines) is 3. The predicted octanol–water partition coefficient (Wildman–Crippen LogP) is 5.23. The average molecular weight is 674 g/mol. The van der Waals surface area contributed by atoms with Crippen molar-refractivity contribution in [2.45, 2.75) is 42.3 Å². The van der Waals surface area contributed by atoms with Gasteiger partial charge in [0.2, 0.25) is 5.89 Å². The quantitative estimate of drug-likeness (QED) is 0.296. The molecular weight excluding hydrogens is 634 g/mol. The van der Waals surface area contributed by atoms with Gasteiger partial charge in [0.15, 0.2) is 5.58 Å². The van der Waals surface area contributed by atoms with E-state index < -0.39 is 10.7 Å². The van der Waals surface area contributed by atoms with Gasteiger partial charge in [-0.3, -0.25) is 19.5 Å². The number of aliphatic hydroxyl groups excluding tert-OH is 1. The maximum absolute atomic E-state index is 11.5. The summed E-state index contributed by atoms with van der Waals surface area (Å²) in [5.74, 6) is -0.576. The average Bonchev–Trinajstić information content (AvgIpc) is 3.80. The van der Waals surface area contributed by atoms with Gasteiger partial charge < -0.3 is 14.6 Å². The molecule has 0 radical (unpaired) electrons. The third-order valence-corrected chi connectivity index (χ3v) is 12.5. The third kappa shape index (κ3) is 6.26. The minimum atomic E-state index is -0.758. The number of aliphatic hydroxyl groups is 1. The first-order chi connectivity index (χ1) is 22.8. The van der Waals surface area contributed by atoms with Crippen LogP contribution >= 0.6 is 23.4 Å². The van der Waals surface area contributed by atoms with Crippen LogP contribution in [0.2, 0.25) is 5.02 Å². The molecule has 3 aromatic rings. The molecule has 0 bridgehead atoms. The van der Waals surface area contributed by atoms with E-state index in [1.165, 1.54) is 0 Å². The van der Waals surface area contributed by atoms with Gasteiger partial charge in [-0.1, -0.05) is 55.0 Å². The van der Waals surface area contributed by atoms with Gasteiger partial charge in [-0.15, -0.1) is 11.8 Å². The molecule has 0 saturated carbocycles. The predicted molar refractivity (Wildman–Crippen MR) is 184 cm³/mol. The van der Waals surface area contributed by atoms with Crippen LogP contribution < -0.4 is 0 Å². The molecule has 3 aliphatic heterocycles. The molecule has 0 spiro atoms. The number of rotatable bonds is 10. The number of aliphatic carboxylic acids is 1. The lowest BCUT2D eigenvalue weighted by molar-refractivity contribution is -0.141. The van der Waals surface area contributed by atoms with Crippen LogP contribution in [-0.2, 0) is 16.1 Å². The van der Waals surface area contributed by atoms with Gasteiger partial charge in [0.25, 0.3) is 0 Å². The van der Waals surface area contributed by atoms with E-state index in [-0.39, 0.29) is 18.4 Å². The van der Waals surface area contributed by atoms with Gasteiger partial charge in [0.05, 0.1) is 18.1 Å². The summed E-state index contributed by atoms with van der Waals surface area (Å²) in [6, 6.07) is 14.6. The van der Waals surface area contributed by atoms with Crippen molar-refractivity contribution in [1.29, 1.82) is 5.26 Å². The van der Waals surface area contributed by atoms with E-state index in [0.717, 1.165) is 55.8 Å². The van der Waals surface area contributed by atoms with Crippen molar-refractivity contribution in [3.05, 3.63) is 82.2 Å². The van der Waals surface area contributed by atoms with Gasteiger partial charge in [-0.05, 0) is 60.8 Å². The van der Waals surface area contributed by atoms with Crippen molar-refractivity contribution in [1.82, 2.24) is 19.7 Å². The number of nitrogens with zero attached hydrogens (tertiary/aromatic N) is 5. The lowest BCUT2D eigenvalue weighted by Gasteiger charge is -2.44. The van der Waals surface area contributed by atoms with E-state index >= 15 is 0 Å². The summed E-state index contributed by atoms with van der Waals surface area (Å²) in [7, 11) is 0. The summed E-state index contributed by atoms with van der Waals surface area (Å²) >= 11 is 8.65. The Hall–Kier alpha value is -3.17. The summed E-state index contributed by atoms with van der Waals surface area (Å²) in [5, 5.41) is 30.0. The van der Waals surface area contributed by atoms with Gasteiger partial charge in [0, 0.05) is 61.5 Å². The number of carbonyl (C=O) groups is 1. The number of carboxylic acids is 1. The van der Waals surface area contributed by atoms with Crippen molar-refractivity contribution in [2.75, 3.05) is 52.4 Å². The highest BCUT2D eigenvalue weighted by atomic mass is 35.5. The number of benzene rings is 2. The number of hydrogen-bond acceptors (Lipinski definition) is 9. The standard InChI is InChI=1S/C36H40ClN5O4S/c1-23-29(30-5-2-3-7-31(30)37)6-4-10-36(23,47-28-9-12-42(22-28)27-20-41(21-27)13-14-43)35-39-32-16-24(15-26(17-38)33(32)46-35)18-40-11-8-25(19-40)34(44)45/h2-7,10,15-16,23,25,27-28,43H,8-9,11-14,18-22H2,1H3,(H,44,45)/t23?,25-,28?,36?/m1/s1. The molecule has 246 valence electrons. The normalized spacial score (nSPS) is 27.3. The molecular formula is C36H40ClN5O4S. The molecule has 4 aliphatic rings. The molecule has 3 fully saturated rings. The number of fused-ring (bicyclic) bond motifs is 1. The molecule has 3 saturated heterocycles. The van der Waals surface area contributed by atoms with E-state index in [4.69, 9.17) is 21.0 Å². The molecule has 4 atom stereocenters. The van der Waals surface area contributed by atoms with Crippen LogP contribution in [0.25, 0.3) is 16.7 Å². The number of hydrogen-bond donors (Lipinski definition) is 2. The maximum atomic E-state index is 11.5. The summed E-state index contributed by atoms with van der Waals surface area (Å²) in [4.78, 5) is 23.7. The van der Waals surface area contributed by atoms with E-state index in [1.54, 1.807) is 0 Å². The monoisotopic (exact) mass is 673 g/mol. The van der Waals surface area contributed by atoms with Crippen molar-refractivity contribution in [2.24, 2.45) is 11.8 Å². The Bertz CT molecular complexity index is 1760. The van der Waals surface area contributed by atoms with Crippen LogP contribution in [0.3, 0.4) is 0 Å². The summed E-state index contributed by atoms with van der Waals surface area (Å²) in [5.41, 5.74) is 4.59. The molecule has 1 aromatic heterocycles. The minimum Gasteiger partial charge on any atom is -0.481 e. The lowest BCUT2D eigenvalue weighted by Crippen LogP contribution is -2.59. The van der Waals surface area contributed by atoms with Crippen LogP contribution in [0, 0.1) is 23.2 Å². The molecule has 2 aromatic carbocycles. The van der Waals surface area contributed by atoms with Crippen molar-refractivity contribution in [3.8, 4) is 6.07 Å². The minimum absolute atomic E-state index is 0.0363. The number of oxazole rings is 1. The fraction of sp³-hybridized carbons (Fsp3) is 0.472. The molecule has 11 heteroatoms. The highest BCUT2D eigenvalue weighted by Gasteiger charge is 2.48. The number of halogens is 1. The zero-order valence-electron chi connectivity index (χ0n) is 26.5. The van der Waals surface area contributed by atoms with Crippen molar-refractivity contribution >= 4 is 46.0 Å². The van der Waals surface area contributed by atoms with Crippen molar-refractivity contribution < 1.29 is 19.4 Å².